The molecule has 1 saturated heterocycles. The number of nitrogens with zero attached hydrogens (tertiary/aromatic N) is 3. The maximum absolute atomic E-state index is 9.25. The summed E-state index contributed by atoms with van der Waals surface area (Å²) in [6.45, 7) is 12.6. The fraction of sp³-hybridized carbons (Fsp3) is 0.818. The molecule has 3 N–H and O–H groups in total. The molecular formula is C22H41N5OS. The summed E-state index contributed by atoms with van der Waals surface area (Å²) in [5.74, 6) is 2.09. The average Bonchev–Trinajstić information content (AvgIpc) is 3.19. The van der Waals surface area contributed by atoms with E-state index in [9.17, 15) is 5.11 Å². The van der Waals surface area contributed by atoms with Crippen molar-refractivity contribution in [2.75, 3.05) is 39.3 Å². The fourth-order valence-corrected chi connectivity index (χ4v) is 4.62. The summed E-state index contributed by atoms with van der Waals surface area (Å²) >= 11 is 1.79. The van der Waals surface area contributed by atoms with Gasteiger partial charge in [0.25, 0.3) is 0 Å². The smallest absolute Gasteiger partial charge is 0.191 e. The van der Waals surface area contributed by atoms with Gasteiger partial charge in [0.1, 0.15) is 0 Å². The first-order valence-corrected chi connectivity index (χ1v) is 12.3. The minimum atomic E-state index is 0.253. The van der Waals surface area contributed by atoms with E-state index in [1.54, 1.807) is 11.3 Å². The van der Waals surface area contributed by atoms with E-state index in [0.29, 0.717) is 11.8 Å². The van der Waals surface area contributed by atoms with Crippen molar-refractivity contribution in [1.82, 2.24) is 20.5 Å². The number of guanidine groups is 1. The summed E-state index contributed by atoms with van der Waals surface area (Å²) in [4.78, 5) is 12.0. The van der Waals surface area contributed by atoms with Crippen LogP contribution in [-0.4, -0.2) is 60.3 Å². The van der Waals surface area contributed by atoms with Crippen LogP contribution in [0.25, 0.3) is 0 Å². The van der Waals surface area contributed by atoms with Gasteiger partial charge in [-0.1, -0.05) is 20.3 Å². The standard InChI is InChI=1S/C22H41N5OS/c1-4-7-18(10-13-28)14-24-22(23-6-3)25-15-19-8-11-27(12-9-19)16-20-17-29-21(5-2)26-20/h17-19,28H,4-16H2,1-3H3,(H2,23,24,25). The highest BCUT2D eigenvalue weighted by atomic mass is 32.1. The normalized spacial score (nSPS) is 17.4. The lowest BCUT2D eigenvalue weighted by atomic mass is 9.97. The Hall–Kier alpha value is -1.18. The number of rotatable bonds is 12. The lowest BCUT2D eigenvalue weighted by Crippen LogP contribution is -2.43. The zero-order valence-electron chi connectivity index (χ0n) is 18.6. The fourth-order valence-electron chi connectivity index (χ4n) is 3.88. The molecule has 1 unspecified atom stereocenters. The quantitative estimate of drug-likeness (QED) is 0.355. The van der Waals surface area contributed by atoms with Gasteiger partial charge >= 0.3 is 0 Å². The Kier molecular flexibility index (Phi) is 11.6. The van der Waals surface area contributed by atoms with Gasteiger partial charge in [-0.25, -0.2) is 4.98 Å². The van der Waals surface area contributed by atoms with Crippen molar-refractivity contribution in [2.45, 2.75) is 65.8 Å². The molecule has 7 heteroatoms. The first-order chi connectivity index (χ1) is 14.2. The maximum Gasteiger partial charge on any atom is 0.191 e. The molecule has 2 rings (SSSR count). The van der Waals surface area contributed by atoms with Crippen molar-refractivity contribution < 1.29 is 5.11 Å². The van der Waals surface area contributed by atoms with Gasteiger partial charge in [-0.3, -0.25) is 9.89 Å². The predicted octanol–water partition coefficient (Wildman–Crippen LogP) is 3.27. The van der Waals surface area contributed by atoms with Gasteiger partial charge in [-0.05, 0) is 64.0 Å². The van der Waals surface area contributed by atoms with Crippen LogP contribution >= 0.6 is 11.3 Å². The molecule has 1 aliphatic rings. The first kappa shape index (κ1) is 24.1. The number of aliphatic hydroxyl groups excluding tert-OH is 1. The molecule has 0 bridgehead atoms. The second-order valence-electron chi connectivity index (χ2n) is 8.07. The molecule has 166 valence electrons. The number of piperidine rings is 1. The van der Waals surface area contributed by atoms with Crippen LogP contribution in [-0.2, 0) is 13.0 Å². The van der Waals surface area contributed by atoms with Crippen molar-refractivity contribution in [1.29, 1.82) is 0 Å². The highest BCUT2D eigenvalue weighted by Gasteiger charge is 2.20. The third-order valence-corrected chi connectivity index (χ3v) is 6.68. The van der Waals surface area contributed by atoms with Crippen LogP contribution in [0, 0.1) is 11.8 Å². The van der Waals surface area contributed by atoms with E-state index in [2.05, 4.69) is 41.7 Å². The van der Waals surface area contributed by atoms with E-state index in [0.717, 1.165) is 70.9 Å². The van der Waals surface area contributed by atoms with E-state index < -0.39 is 0 Å². The van der Waals surface area contributed by atoms with Gasteiger partial charge in [-0.15, -0.1) is 11.3 Å². The van der Waals surface area contributed by atoms with Crippen molar-refractivity contribution >= 4 is 17.3 Å². The molecule has 1 fully saturated rings. The topological polar surface area (TPSA) is 72.8 Å². The van der Waals surface area contributed by atoms with Crippen LogP contribution in [0.4, 0.5) is 0 Å². The van der Waals surface area contributed by atoms with Gasteiger partial charge in [0.15, 0.2) is 5.96 Å². The van der Waals surface area contributed by atoms with Crippen LogP contribution in [0.1, 0.15) is 63.6 Å². The Labute approximate surface area is 181 Å². The van der Waals surface area contributed by atoms with Crippen molar-refractivity contribution in [3.05, 3.63) is 16.1 Å². The largest absolute Gasteiger partial charge is 0.396 e. The number of aryl methyl sites for hydroxylation is 1. The molecule has 0 aliphatic carbocycles. The molecular weight excluding hydrogens is 382 g/mol. The number of aromatic nitrogens is 1. The Morgan fingerprint density at radius 3 is 2.69 bits per heavy atom. The van der Waals surface area contributed by atoms with E-state index in [-0.39, 0.29) is 6.61 Å². The zero-order chi connectivity index (χ0) is 20.9. The highest BCUT2D eigenvalue weighted by Crippen LogP contribution is 2.19. The van der Waals surface area contributed by atoms with Crippen molar-refractivity contribution in [3.8, 4) is 0 Å². The number of aliphatic hydroxyl groups is 1. The third-order valence-electron chi connectivity index (χ3n) is 5.64. The lowest BCUT2D eigenvalue weighted by Gasteiger charge is -2.31. The average molecular weight is 424 g/mol. The zero-order valence-corrected chi connectivity index (χ0v) is 19.4. The Morgan fingerprint density at radius 1 is 1.28 bits per heavy atom. The molecule has 6 nitrogen and oxygen atoms in total. The molecule has 0 amide bonds. The minimum absolute atomic E-state index is 0.253. The van der Waals surface area contributed by atoms with Crippen molar-refractivity contribution in [2.24, 2.45) is 16.8 Å². The van der Waals surface area contributed by atoms with Crippen LogP contribution in [0.5, 0.6) is 0 Å². The van der Waals surface area contributed by atoms with Crippen LogP contribution in [0.3, 0.4) is 0 Å². The molecule has 0 saturated carbocycles. The number of hydrogen-bond donors (Lipinski definition) is 3. The minimum Gasteiger partial charge on any atom is -0.396 e. The van der Waals surface area contributed by atoms with E-state index >= 15 is 0 Å². The second kappa shape index (κ2) is 13.9. The van der Waals surface area contributed by atoms with Gasteiger partial charge in [0, 0.05) is 38.2 Å². The van der Waals surface area contributed by atoms with Crippen LogP contribution in [0.2, 0.25) is 0 Å². The summed E-state index contributed by atoms with van der Waals surface area (Å²) in [5.41, 5.74) is 1.23. The number of thiazole rings is 1. The summed E-state index contributed by atoms with van der Waals surface area (Å²) < 4.78 is 0. The Bertz CT molecular complexity index is 578. The third kappa shape index (κ3) is 9.01. The molecule has 1 aliphatic heterocycles. The molecule has 0 aromatic carbocycles. The maximum atomic E-state index is 9.25. The monoisotopic (exact) mass is 423 g/mol. The van der Waals surface area contributed by atoms with E-state index in [1.807, 2.05) is 0 Å². The second-order valence-corrected chi connectivity index (χ2v) is 9.02. The summed E-state index contributed by atoms with van der Waals surface area (Å²) in [6, 6.07) is 0. The number of hydrogen-bond acceptors (Lipinski definition) is 5. The number of likely N-dealkylation sites (tertiary alicyclic amines) is 1. The molecule has 1 aromatic heterocycles. The van der Waals surface area contributed by atoms with E-state index in [1.165, 1.54) is 23.5 Å². The van der Waals surface area contributed by atoms with Gasteiger partial charge in [-0.2, -0.15) is 0 Å². The molecule has 1 aromatic rings. The highest BCUT2D eigenvalue weighted by molar-refractivity contribution is 7.09. The van der Waals surface area contributed by atoms with E-state index in [4.69, 9.17) is 9.98 Å². The van der Waals surface area contributed by atoms with Gasteiger partial charge in [0.2, 0.25) is 0 Å². The molecule has 29 heavy (non-hydrogen) atoms. The predicted molar refractivity (Wildman–Crippen MR) is 124 cm³/mol. The molecule has 1 atom stereocenters. The summed E-state index contributed by atoms with van der Waals surface area (Å²) in [5, 5.41) is 19.6. The summed E-state index contributed by atoms with van der Waals surface area (Å²) in [7, 11) is 0. The molecule has 0 radical (unpaired) electrons. The molecule has 0 spiro atoms. The van der Waals surface area contributed by atoms with Crippen LogP contribution < -0.4 is 10.6 Å². The summed E-state index contributed by atoms with van der Waals surface area (Å²) in [6.07, 6.45) is 6.59. The lowest BCUT2D eigenvalue weighted by molar-refractivity contribution is 0.176. The SMILES string of the molecule is CCCC(CCO)CN=C(NCC)NCC1CCN(Cc2csc(CC)n2)CC1. The van der Waals surface area contributed by atoms with Crippen LogP contribution in [0.15, 0.2) is 10.4 Å². The number of nitrogens with one attached hydrogen (secondary N) is 2. The van der Waals surface area contributed by atoms with Crippen molar-refractivity contribution in [3.63, 3.8) is 0 Å². The first-order valence-electron chi connectivity index (χ1n) is 11.5. The number of aliphatic imine (C=N–C) groups is 1. The Morgan fingerprint density at radius 2 is 2.07 bits per heavy atom. The van der Waals surface area contributed by atoms with Gasteiger partial charge in [0.05, 0.1) is 10.7 Å². The Balaban J connectivity index is 1.73. The van der Waals surface area contributed by atoms with Gasteiger partial charge < -0.3 is 15.7 Å². The molecule has 2 heterocycles.